The van der Waals surface area contributed by atoms with Gasteiger partial charge in [0.1, 0.15) is 11.9 Å². The van der Waals surface area contributed by atoms with Gasteiger partial charge in [-0.3, -0.25) is 0 Å². The van der Waals surface area contributed by atoms with Crippen LogP contribution in [0.4, 0.5) is 18.9 Å². The Morgan fingerprint density at radius 2 is 1.70 bits per heavy atom. The Labute approximate surface area is 115 Å². The maximum atomic E-state index is 12.7. The van der Waals surface area contributed by atoms with Gasteiger partial charge in [-0.25, -0.2) is 0 Å². The predicted octanol–water partition coefficient (Wildman–Crippen LogP) is 4.43. The molecule has 2 aromatic carbocycles. The lowest BCUT2D eigenvalue weighted by Gasteiger charge is -2.17. The van der Waals surface area contributed by atoms with E-state index < -0.39 is 11.7 Å². The van der Waals surface area contributed by atoms with E-state index in [9.17, 15) is 13.2 Å². The number of rotatable bonds is 3. The molecule has 0 spiro atoms. The molecular formula is C15H14F3NO. The van der Waals surface area contributed by atoms with Crippen LogP contribution in [0.15, 0.2) is 48.5 Å². The summed E-state index contributed by atoms with van der Waals surface area (Å²) in [7, 11) is 0. The monoisotopic (exact) mass is 281 g/mol. The van der Waals surface area contributed by atoms with Crippen LogP contribution < -0.4 is 10.5 Å². The number of hydrogen-bond donors (Lipinski definition) is 1. The molecule has 5 heteroatoms. The smallest absolute Gasteiger partial charge is 0.416 e. The second kappa shape index (κ2) is 5.45. The van der Waals surface area contributed by atoms with E-state index in [1.807, 2.05) is 30.3 Å². The third-order valence-electron chi connectivity index (χ3n) is 2.84. The molecule has 0 heterocycles. The first-order chi connectivity index (χ1) is 9.36. The van der Waals surface area contributed by atoms with Gasteiger partial charge >= 0.3 is 6.18 Å². The van der Waals surface area contributed by atoms with Crippen LogP contribution in [0.2, 0.25) is 0 Å². The molecule has 106 valence electrons. The summed E-state index contributed by atoms with van der Waals surface area (Å²) >= 11 is 0. The van der Waals surface area contributed by atoms with E-state index in [4.69, 9.17) is 10.5 Å². The second-order valence-electron chi connectivity index (χ2n) is 4.46. The lowest BCUT2D eigenvalue weighted by atomic mass is 10.1. The van der Waals surface area contributed by atoms with Crippen molar-refractivity contribution in [2.45, 2.75) is 19.2 Å². The number of anilines is 1. The Morgan fingerprint density at radius 1 is 1.05 bits per heavy atom. The number of nitrogens with two attached hydrogens (primary N) is 1. The highest BCUT2D eigenvalue weighted by atomic mass is 19.4. The van der Waals surface area contributed by atoms with Crippen molar-refractivity contribution in [1.82, 2.24) is 0 Å². The molecule has 0 aromatic heterocycles. The summed E-state index contributed by atoms with van der Waals surface area (Å²) in [5.41, 5.74) is 5.58. The first-order valence-electron chi connectivity index (χ1n) is 6.05. The Kier molecular flexibility index (Phi) is 3.88. The fourth-order valence-electron chi connectivity index (χ4n) is 1.85. The van der Waals surface area contributed by atoms with Crippen molar-refractivity contribution in [3.8, 4) is 5.75 Å². The molecule has 0 radical (unpaired) electrons. The molecule has 2 nitrogen and oxygen atoms in total. The fourth-order valence-corrected chi connectivity index (χ4v) is 1.85. The van der Waals surface area contributed by atoms with Gasteiger partial charge in [-0.05, 0) is 24.6 Å². The van der Waals surface area contributed by atoms with E-state index in [1.54, 1.807) is 6.92 Å². The first kappa shape index (κ1) is 14.2. The Hall–Kier alpha value is -2.17. The van der Waals surface area contributed by atoms with Crippen LogP contribution in [0.3, 0.4) is 0 Å². The zero-order chi connectivity index (χ0) is 14.8. The van der Waals surface area contributed by atoms with E-state index in [2.05, 4.69) is 0 Å². The van der Waals surface area contributed by atoms with Gasteiger partial charge in [0.05, 0.1) is 5.56 Å². The molecule has 2 aromatic rings. The number of hydrogen-bond acceptors (Lipinski definition) is 2. The van der Waals surface area contributed by atoms with Crippen LogP contribution in [-0.2, 0) is 6.18 Å². The number of nitrogen functional groups attached to an aromatic ring is 1. The molecule has 0 aliphatic heterocycles. The van der Waals surface area contributed by atoms with Gasteiger partial charge in [0, 0.05) is 11.8 Å². The van der Waals surface area contributed by atoms with Gasteiger partial charge in [0.2, 0.25) is 0 Å². The lowest BCUT2D eigenvalue weighted by Crippen LogP contribution is -2.08. The molecule has 2 N–H and O–H groups in total. The number of halogens is 3. The summed E-state index contributed by atoms with van der Waals surface area (Å²) in [5.74, 6) is 0.105. The van der Waals surface area contributed by atoms with Crippen LogP contribution in [0.5, 0.6) is 5.75 Å². The van der Waals surface area contributed by atoms with Crippen molar-refractivity contribution in [2.75, 3.05) is 5.73 Å². The molecular weight excluding hydrogens is 267 g/mol. The standard InChI is InChI=1S/C15H14F3NO/c1-10(11-5-3-2-4-6-11)20-14-8-12(15(16,17)18)7-13(19)9-14/h2-10H,19H2,1H3. The van der Waals surface area contributed by atoms with Crippen LogP contribution in [0.25, 0.3) is 0 Å². The van der Waals surface area contributed by atoms with E-state index in [1.165, 1.54) is 6.07 Å². The fraction of sp³-hybridized carbons (Fsp3) is 0.200. The van der Waals surface area contributed by atoms with E-state index in [0.717, 1.165) is 17.7 Å². The minimum Gasteiger partial charge on any atom is -0.486 e. The van der Waals surface area contributed by atoms with Crippen LogP contribution in [0, 0.1) is 0 Å². The van der Waals surface area contributed by atoms with Crippen LogP contribution in [0.1, 0.15) is 24.2 Å². The molecule has 0 bridgehead atoms. The third-order valence-corrected chi connectivity index (χ3v) is 2.84. The minimum atomic E-state index is -4.44. The minimum absolute atomic E-state index is 0.0232. The van der Waals surface area contributed by atoms with Gasteiger partial charge in [-0.2, -0.15) is 13.2 Å². The highest BCUT2D eigenvalue weighted by molar-refractivity contribution is 5.48. The van der Waals surface area contributed by atoms with Crippen molar-refractivity contribution in [1.29, 1.82) is 0 Å². The molecule has 1 atom stereocenters. The number of ether oxygens (including phenoxy) is 1. The summed E-state index contributed by atoms with van der Waals surface area (Å²) in [6.45, 7) is 1.77. The number of benzene rings is 2. The molecule has 0 amide bonds. The average Bonchev–Trinajstić information content (AvgIpc) is 2.38. The Bertz CT molecular complexity index is 581. The topological polar surface area (TPSA) is 35.2 Å². The largest absolute Gasteiger partial charge is 0.486 e. The predicted molar refractivity (Wildman–Crippen MR) is 71.3 cm³/mol. The summed E-state index contributed by atoms with van der Waals surface area (Å²) in [4.78, 5) is 0. The molecule has 0 aliphatic rings. The summed E-state index contributed by atoms with van der Waals surface area (Å²) in [5, 5.41) is 0. The molecule has 20 heavy (non-hydrogen) atoms. The summed E-state index contributed by atoms with van der Waals surface area (Å²) in [6, 6.07) is 12.5. The van der Waals surface area contributed by atoms with Crippen molar-refractivity contribution < 1.29 is 17.9 Å². The van der Waals surface area contributed by atoms with Crippen molar-refractivity contribution >= 4 is 5.69 Å². The van der Waals surface area contributed by atoms with E-state index in [-0.39, 0.29) is 17.5 Å². The highest BCUT2D eigenvalue weighted by Gasteiger charge is 2.31. The SMILES string of the molecule is CC(Oc1cc(N)cc(C(F)(F)F)c1)c1ccccc1. The van der Waals surface area contributed by atoms with Crippen LogP contribution in [-0.4, -0.2) is 0 Å². The Morgan fingerprint density at radius 3 is 2.30 bits per heavy atom. The van der Waals surface area contributed by atoms with Crippen molar-refractivity contribution in [2.24, 2.45) is 0 Å². The molecule has 0 fully saturated rings. The maximum Gasteiger partial charge on any atom is 0.416 e. The number of alkyl halides is 3. The normalized spacial score (nSPS) is 13.0. The Balaban J connectivity index is 2.24. The average molecular weight is 281 g/mol. The zero-order valence-electron chi connectivity index (χ0n) is 10.8. The molecule has 0 saturated carbocycles. The molecule has 1 unspecified atom stereocenters. The van der Waals surface area contributed by atoms with Gasteiger partial charge in [-0.15, -0.1) is 0 Å². The van der Waals surface area contributed by atoms with E-state index in [0.29, 0.717) is 0 Å². The quantitative estimate of drug-likeness (QED) is 0.845. The molecule has 2 rings (SSSR count). The first-order valence-corrected chi connectivity index (χ1v) is 6.05. The molecule has 0 aliphatic carbocycles. The van der Waals surface area contributed by atoms with Crippen molar-refractivity contribution in [3.05, 3.63) is 59.7 Å². The van der Waals surface area contributed by atoms with Gasteiger partial charge in [-0.1, -0.05) is 30.3 Å². The van der Waals surface area contributed by atoms with Gasteiger partial charge in [0.15, 0.2) is 0 Å². The van der Waals surface area contributed by atoms with Crippen LogP contribution >= 0.6 is 0 Å². The zero-order valence-corrected chi connectivity index (χ0v) is 10.8. The van der Waals surface area contributed by atoms with Gasteiger partial charge in [0.25, 0.3) is 0 Å². The lowest BCUT2D eigenvalue weighted by molar-refractivity contribution is -0.137. The third kappa shape index (κ3) is 3.44. The highest BCUT2D eigenvalue weighted by Crippen LogP contribution is 2.34. The molecule has 0 saturated heterocycles. The van der Waals surface area contributed by atoms with Gasteiger partial charge < -0.3 is 10.5 Å². The maximum absolute atomic E-state index is 12.7. The van der Waals surface area contributed by atoms with E-state index >= 15 is 0 Å². The summed E-state index contributed by atoms with van der Waals surface area (Å²) in [6.07, 6.45) is -4.80. The van der Waals surface area contributed by atoms with Crippen molar-refractivity contribution in [3.63, 3.8) is 0 Å². The summed E-state index contributed by atoms with van der Waals surface area (Å²) < 4.78 is 43.6. The second-order valence-corrected chi connectivity index (χ2v) is 4.46.